The fraction of sp³-hybridized carbons (Fsp3) is 0.435. The molecule has 0 radical (unpaired) electrons. The highest BCUT2D eigenvalue weighted by atomic mass is 32.2. The zero-order chi connectivity index (χ0) is 19.8. The normalized spacial score (nSPS) is 19.3. The molecular weight excluding hydrogens is 380 g/mol. The number of ether oxygens (including phenoxy) is 1. The Morgan fingerprint density at radius 1 is 1.10 bits per heavy atom. The van der Waals surface area contributed by atoms with E-state index >= 15 is 0 Å². The van der Waals surface area contributed by atoms with Gasteiger partial charge in [0.05, 0.1) is 48.4 Å². The summed E-state index contributed by atoms with van der Waals surface area (Å²) in [5, 5.41) is 9.69. The van der Waals surface area contributed by atoms with Crippen LogP contribution in [-0.4, -0.2) is 44.8 Å². The Morgan fingerprint density at radius 2 is 1.93 bits per heavy atom. The molecule has 2 heterocycles. The molecule has 0 atom stereocenters. The second-order valence-corrected chi connectivity index (χ2v) is 9.32. The van der Waals surface area contributed by atoms with Crippen LogP contribution in [0.25, 0.3) is 11.1 Å². The van der Waals surface area contributed by atoms with E-state index in [2.05, 4.69) is 57.0 Å². The van der Waals surface area contributed by atoms with Crippen molar-refractivity contribution in [2.75, 3.05) is 48.5 Å². The van der Waals surface area contributed by atoms with E-state index < -0.39 is 0 Å². The van der Waals surface area contributed by atoms with E-state index in [-0.39, 0.29) is 0 Å². The molecule has 1 saturated carbocycles. The second-order valence-electron chi connectivity index (χ2n) is 8.17. The summed E-state index contributed by atoms with van der Waals surface area (Å²) in [5.41, 5.74) is 6.65. The number of nitriles is 1. The lowest BCUT2D eigenvalue weighted by molar-refractivity contribution is 0.0342. The molecule has 2 aromatic carbocycles. The molecule has 2 aliphatic heterocycles. The first-order valence-corrected chi connectivity index (χ1v) is 11.1. The maximum atomic E-state index is 9.69. The van der Waals surface area contributed by atoms with Gasteiger partial charge >= 0.3 is 0 Å². The standard InChI is InChI=1S/C23H26N4OS/c1-25-23-13-19(6-7-22(23)27(29-25)16-17-2-3-17)21-12-18(4-5-20(21)14-24)15-26-8-10-28-11-9-26/h4-7,12-13,17H,2-3,8-11,15-16H2,1H3. The van der Waals surface area contributed by atoms with Gasteiger partial charge in [-0.2, -0.15) is 5.26 Å². The molecule has 2 fully saturated rings. The Labute approximate surface area is 177 Å². The second kappa shape index (κ2) is 7.91. The molecule has 5 nitrogen and oxygen atoms in total. The number of nitrogens with zero attached hydrogens (tertiary/aromatic N) is 4. The van der Waals surface area contributed by atoms with E-state index in [1.165, 1.54) is 29.8 Å². The van der Waals surface area contributed by atoms with Gasteiger partial charge in [0.1, 0.15) is 0 Å². The molecule has 6 heteroatoms. The van der Waals surface area contributed by atoms with Crippen molar-refractivity contribution in [3.05, 3.63) is 47.5 Å². The number of morpholine rings is 1. The quantitative estimate of drug-likeness (QED) is 0.690. The molecule has 0 N–H and O–H groups in total. The number of hydrogen-bond acceptors (Lipinski definition) is 6. The highest BCUT2D eigenvalue weighted by Gasteiger charge is 2.31. The fourth-order valence-electron chi connectivity index (χ4n) is 4.10. The van der Waals surface area contributed by atoms with Crippen LogP contribution in [0.5, 0.6) is 0 Å². The Morgan fingerprint density at radius 3 is 2.69 bits per heavy atom. The Kier molecular flexibility index (Phi) is 5.13. The molecule has 0 bridgehead atoms. The topological polar surface area (TPSA) is 42.7 Å². The summed E-state index contributed by atoms with van der Waals surface area (Å²) >= 11 is 1.79. The third-order valence-electron chi connectivity index (χ3n) is 5.95. The van der Waals surface area contributed by atoms with Crippen molar-refractivity contribution in [1.82, 2.24) is 4.90 Å². The number of anilines is 2. The summed E-state index contributed by atoms with van der Waals surface area (Å²) in [7, 11) is 2.13. The van der Waals surface area contributed by atoms with E-state index in [1.807, 2.05) is 6.07 Å². The first-order valence-electron chi connectivity index (χ1n) is 10.4. The van der Waals surface area contributed by atoms with Gasteiger partial charge < -0.3 is 4.74 Å². The van der Waals surface area contributed by atoms with Crippen molar-refractivity contribution >= 4 is 23.5 Å². The first kappa shape index (κ1) is 18.8. The van der Waals surface area contributed by atoms with Gasteiger partial charge in [-0.3, -0.25) is 13.5 Å². The number of rotatable bonds is 5. The molecule has 0 aromatic heterocycles. The van der Waals surface area contributed by atoms with E-state index in [9.17, 15) is 5.26 Å². The minimum Gasteiger partial charge on any atom is -0.379 e. The largest absolute Gasteiger partial charge is 0.379 e. The summed E-state index contributed by atoms with van der Waals surface area (Å²) in [4.78, 5) is 2.41. The summed E-state index contributed by atoms with van der Waals surface area (Å²) in [6.45, 7) is 5.56. The molecule has 150 valence electrons. The van der Waals surface area contributed by atoms with Gasteiger partial charge in [-0.15, -0.1) is 0 Å². The van der Waals surface area contributed by atoms with E-state index in [4.69, 9.17) is 4.74 Å². The Hall–Kier alpha value is -2.20. The molecule has 1 aliphatic carbocycles. The summed E-state index contributed by atoms with van der Waals surface area (Å²) < 4.78 is 10.1. The lowest BCUT2D eigenvalue weighted by Crippen LogP contribution is -2.35. The SMILES string of the molecule is CN1SN(CC2CC2)c2ccc(-c3cc(CN4CCOCC4)ccc3C#N)cc21. The van der Waals surface area contributed by atoms with Crippen LogP contribution in [0.3, 0.4) is 0 Å². The van der Waals surface area contributed by atoms with Gasteiger partial charge in [0, 0.05) is 33.2 Å². The molecule has 0 unspecified atom stereocenters. The Balaban J connectivity index is 1.44. The lowest BCUT2D eigenvalue weighted by Gasteiger charge is -2.26. The smallest absolute Gasteiger partial charge is 0.0998 e. The van der Waals surface area contributed by atoms with Crippen molar-refractivity contribution in [3.63, 3.8) is 0 Å². The first-order chi connectivity index (χ1) is 14.2. The third kappa shape index (κ3) is 3.95. The summed E-state index contributed by atoms with van der Waals surface area (Å²) in [6.07, 6.45) is 2.71. The molecule has 0 spiro atoms. The van der Waals surface area contributed by atoms with Crippen LogP contribution >= 0.6 is 12.1 Å². The molecule has 1 saturated heterocycles. The zero-order valence-electron chi connectivity index (χ0n) is 16.8. The maximum absolute atomic E-state index is 9.69. The molecule has 5 rings (SSSR count). The van der Waals surface area contributed by atoms with Crippen LogP contribution in [0.15, 0.2) is 36.4 Å². The van der Waals surface area contributed by atoms with Crippen LogP contribution in [0.2, 0.25) is 0 Å². The number of hydrogen-bond donors (Lipinski definition) is 0. The van der Waals surface area contributed by atoms with Gasteiger partial charge in [-0.05, 0) is 59.7 Å². The van der Waals surface area contributed by atoms with Gasteiger partial charge in [-0.25, -0.2) is 0 Å². The van der Waals surface area contributed by atoms with Gasteiger partial charge in [0.25, 0.3) is 0 Å². The van der Waals surface area contributed by atoms with Gasteiger partial charge in [-0.1, -0.05) is 12.1 Å². The predicted octanol–water partition coefficient (Wildman–Crippen LogP) is 4.29. The van der Waals surface area contributed by atoms with Crippen LogP contribution in [0.4, 0.5) is 11.4 Å². The molecule has 2 aromatic rings. The van der Waals surface area contributed by atoms with E-state index in [0.29, 0.717) is 0 Å². The fourth-order valence-corrected chi connectivity index (χ4v) is 5.15. The number of benzene rings is 2. The summed E-state index contributed by atoms with van der Waals surface area (Å²) in [6, 6.07) is 15.3. The van der Waals surface area contributed by atoms with Crippen molar-refractivity contribution in [2.24, 2.45) is 5.92 Å². The van der Waals surface area contributed by atoms with Gasteiger partial charge in [0.2, 0.25) is 0 Å². The van der Waals surface area contributed by atoms with Crippen molar-refractivity contribution < 1.29 is 4.74 Å². The van der Waals surface area contributed by atoms with Crippen LogP contribution in [0, 0.1) is 17.2 Å². The minimum absolute atomic E-state index is 0.735. The zero-order valence-corrected chi connectivity index (χ0v) is 17.6. The highest BCUT2D eigenvalue weighted by Crippen LogP contribution is 2.47. The minimum atomic E-state index is 0.735. The molecule has 29 heavy (non-hydrogen) atoms. The van der Waals surface area contributed by atoms with E-state index in [1.54, 1.807) is 12.1 Å². The van der Waals surface area contributed by atoms with Crippen molar-refractivity contribution in [1.29, 1.82) is 5.26 Å². The van der Waals surface area contributed by atoms with E-state index in [0.717, 1.165) is 62.0 Å². The summed E-state index contributed by atoms with van der Waals surface area (Å²) in [5.74, 6) is 0.851. The van der Waals surface area contributed by atoms with Gasteiger partial charge in [0.15, 0.2) is 0 Å². The highest BCUT2D eigenvalue weighted by molar-refractivity contribution is 8.02. The predicted molar refractivity (Wildman–Crippen MR) is 119 cm³/mol. The lowest BCUT2D eigenvalue weighted by atomic mass is 9.96. The maximum Gasteiger partial charge on any atom is 0.0998 e. The molecule has 0 amide bonds. The molecular formula is C23H26N4OS. The van der Waals surface area contributed by atoms with Crippen molar-refractivity contribution in [2.45, 2.75) is 19.4 Å². The third-order valence-corrected chi connectivity index (χ3v) is 6.94. The average Bonchev–Trinajstić information content (AvgIpc) is 3.52. The van der Waals surface area contributed by atoms with Crippen LogP contribution in [0.1, 0.15) is 24.0 Å². The van der Waals surface area contributed by atoms with Crippen LogP contribution in [-0.2, 0) is 11.3 Å². The Bertz CT molecular complexity index is 946. The molecule has 3 aliphatic rings. The number of fused-ring (bicyclic) bond motifs is 1. The van der Waals surface area contributed by atoms with Crippen LogP contribution < -0.4 is 8.61 Å². The van der Waals surface area contributed by atoms with Crippen molar-refractivity contribution in [3.8, 4) is 17.2 Å². The monoisotopic (exact) mass is 406 g/mol. The average molecular weight is 407 g/mol.